The Morgan fingerprint density at radius 2 is 1.81 bits per heavy atom. The number of hydrogen-bond donors (Lipinski definition) is 0. The van der Waals surface area contributed by atoms with Crippen LogP contribution in [0.15, 0.2) is 12.2 Å². The van der Waals surface area contributed by atoms with Gasteiger partial charge in [0.25, 0.3) is 0 Å². The fraction of sp³-hybridized carbons (Fsp3) is 0.810. The lowest BCUT2D eigenvalue weighted by Gasteiger charge is -2.30. The summed E-state index contributed by atoms with van der Waals surface area (Å²) >= 11 is 0. The molecule has 0 saturated carbocycles. The van der Waals surface area contributed by atoms with E-state index in [1.807, 2.05) is 26.8 Å². The molecular weight excluding hydrogens is 330 g/mol. The number of hydrogen-bond acceptors (Lipinski definition) is 4. The molecule has 0 N–H and O–H groups in total. The number of allylic oxidation sites excluding steroid dienone is 1. The quantitative estimate of drug-likeness (QED) is 0.351. The molecule has 0 spiro atoms. The van der Waals surface area contributed by atoms with Crippen LogP contribution in [0.5, 0.6) is 0 Å². The Morgan fingerprint density at radius 1 is 1.12 bits per heavy atom. The summed E-state index contributed by atoms with van der Waals surface area (Å²) in [6.07, 6.45) is 12.2. The van der Waals surface area contributed by atoms with E-state index in [1.165, 1.54) is 25.7 Å². The molecule has 0 aromatic carbocycles. The lowest BCUT2D eigenvalue weighted by Crippen LogP contribution is -2.47. The maximum Gasteiger partial charge on any atom is 0.411 e. The Balaban J connectivity index is 1.86. The Labute approximate surface area is 158 Å². The van der Waals surface area contributed by atoms with E-state index in [1.54, 1.807) is 4.90 Å². The number of ether oxygens (including phenoxy) is 2. The van der Waals surface area contributed by atoms with Crippen LogP contribution in [0.4, 0.5) is 4.79 Å². The molecule has 148 valence electrons. The Morgan fingerprint density at radius 3 is 2.50 bits per heavy atom. The lowest BCUT2D eigenvalue weighted by molar-refractivity contribution is -0.149. The van der Waals surface area contributed by atoms with Gasteiger partial charge in [-0.05, 0) is 46.0 Å². The van der Waals surface area contributed by atoms with E-state index in [0.29, 0.717) is 18.9 Å². The fourth-order valence-electron chi connectivity index (χ4n) is 3.78. The van der Waals surface area contributed by atoms with Gasteiger partial charge < -0.3 is 9.47 Å². The van der Waals surface area contributed by atoms with Crippen LogP contribution in [0, 0.1) is 5.92 Å². The summed E-state index contributed by atoms with van der Waals surface area (Å²) in [6, 6.07) is -0.568. The van der Waals surface area contributed by atoms with E-state index in [-0.39, 0.29) is 12.0 Å². The molecule has 26 heavy (non-hydrogen) atoms. The fourth-order valence-corrected chi connectivity index (χ4v) is 3.78. The van der Waals surface area contributed by atoms with Gasteiger partial charge in [0.05, 0.1) is 12.6 Å². The zero-order valence-corrected chi connectivity index (χ0v) is 16.8. The second-order valence-corrected chi connectivity index (χ2v) is 8.49. The number of nitrogens with zero attached hydrogens (tertiary/aromatic N) is 1. The first kappa shape index (κ1) is 20.8. The van der Waals surface area contributed by atoms with Gasteiger partial charge in [-0.2, -0.15) is 0 Å². The molecule has 1 fully saturated rings. The summed E-state index contributed by atoms with van der Waals surface area (Å²) in [7, 11) is 0. The molecule has 3 unspecified atom stereocenters. The van der Waals surface area contributed by atoms with Crippen molar-refractivity contribution in [3.8, 4) is 0 Å². The number of unbranched alkanes of at least 4 members (excludes halogenated alkanes) is 5. The van der Waals surface area contributed by atoms with E-state index < -0.39 is 17.7 Å². The topological polar surface area (TPSA) is 55.8 Å². The van der Waals surface area contributed by atoms with Crippen LogP contribution in [0.2, 0.25) is 0 Å². The molecule has 1 aliphatic carbocycles. The van der Waals surface area contributed by atoms with Crippen LogP contribution in [-0.2, 0) is 14.3 Å². The summed E-state index contributed by atoms with van der Waals surface area (Å²) in [4.78, 5) is 26.9. The van der Waals surface area contributed by atoms with Crippen molar-refractivity contribution in [3.63, 3.8) is 0 Å². The lowest BCUT2D eigenvalue weighted by atomic mass is 10.0. The van der Waals surface area contributed by atoms with Gasteiger partial charge in [0.15, 0.2) is 0 Å². The van der Waals surface area contributed by atoms with Crippen molar-refractivity contribution in [2.75, 3.05) is 6.61 Å². The van der Waals surface area contributed by atoms with E-state index in [0.717, 1.165) is 19.3 Å². The Bertz CT molecular complexity index is 509. The smallest absolute Gasteiger partial charge is 0.411 e. The summed E-state index contributed by atoms with van der Waals surface area (Å²) < 4.78 is 11.0. The van der Waals surface area contributed by atoms with Gasteiger partial charge in [-0.25, -0.2) is 9.59 Å². The number of amides is 1. The van der Waals surface area contributed by atoms with Gasteiger partial charge in [-0.1, -0.05) is 51.2 Å². The predicted molar refractivity (Wildman–Crippen MR) is 102 cm³/mol. The second kappa shape index (κ2) is 9.43. The Hall–Kier alpha value is -1.52. The standard InChI is InChI=1S/C21H35NO4/c1-5-6-7-8-9-10-14-25-19(23)18-15-16-12-11-13-17(16)22(18)20(24)26-21(2,3)4/h11,13,16-18H,5-10,12,14-15H2,1-4H3. The minimum Gasteiger partial charge on any atom is -0.464 e. The molecule has 2 aliphatic rings. The first-order chi connectivity index (χ1) is 12.3. The number of carbonyl (C=O) groups excluding carboxylic acids is 2. The minimum absolute atomic E-state index is 0.0450. The number of fused-ring (bicyclic) bond motifs is 1. The van der Waals surface area contributed by atoms with E-state index in [9.17, 15) is 9.59 Å². The molecule has 2 rings (SSSR count). The SMILES string of the molecule is CCCCCCCCOC(=O)C1CC2CC=CC2N1C(=O)OC(C)(C)C. The van der Waals surface area contributed by atoms with Crippen molar-refractivity contribution < 1.29 is 19.1 Å². The maximum absolute atomic E-state index is 12.7. The first-order valence-corrected chi connectivity index (χ1v) is 10.2. The molecule has 5 heteroatoms. The van der Waals surface area contributed by atoms with Gasteiger partial charge in [0.1, 0.15) is 11.6 Å². The van der Waals surface area contributed by atoms with Crippen molar-refractivity contribution in [1.29, 1.82) is 0 Å². The van der Waals surface area contributed by atoms with Gasteiger partial charge >= 0.3 is 12.1 Å². The number of likely N-dealkylation sites (tertiary alicyclic amines) is 1. The van der Waals surface area contributed by atoms with Crippen LogP contribution in [0.1, 0.15) is 79.1 Å². The highest BCUT2D eigenvalue weighted by molar-refractivity contribution is 5.83. The zero-order chi connectivity index (χ0) is 19.2. The van der Waals surface area contributed by atoms with Crippen LogP contribution in [-0.4, -0.2) is 41.3 Å². The molecule has 0 aromatic rings. The molecule has 0 bridgehead atoms. The average molecular weight is 366 g/mol. The summed E-state index contributed by atoms with van der Waals surface area (Å²) in [5.74, 6) is 0.0151. The highest BCUT2D eigenvalue weighted by Crippen LogP contribution is 2.38. The predicted octanol–water partition coefficient (Wildman–Crippen LogP) is 4.84. The van der Waals surface area contributed by atoms with E-state index in [4.69, 9.17) is 9.47 Å². The van der Waals surface area contributed by atoms with Crippen LogP contribution in [0.25, 0.3) is 0 Å². The second-order valence-electron chi connectivity index (χ2n) is 8.49. The zero-order valence-electron chi connectivity index (χ0n) is 16.8. The third-order valence-electron chi connectivity index (χ3n) is 5.06. The summed E-state index contributed by atoms with van der Waals surface area (Å²) in [5, 5.41) is 0. The van der Waals surface area contributed by atoms with Gasteiger partial charge in [-0.3, -0.25) is 4.90 Å². The maximum atomic E-state index is 12.7. The van der Waals surface area contributed by atoms with Crippen LogP contribution in [0.3, 0.4) is 0 Å². The molecule has 0 aromatic heterocycles. The molecule has 5 nitrogen and oxygen atoms in total. The third-order valence-corrected chi connectivity index (χ3v) is 5.06. The minimum atomic E-state index is -0.579. The number of rotatable bonds is 8. The molecule has 1 heterocycles. The van der Waals surface area contributed by atoms with Crippen molar-refractivity contribution in [2.24, 2.45) is 5.92 Å². The van der Waals surface area contributed by atoms with Gasteiger partial charge in [0, 0.05) is 0 Å². The molecule has 0 radical (unpaired) electrons. The van der Waals surface area contributed by atoms with Gasteiger partial charge in [-0.15, -0.1) is 0 Å². The molecule has 3 atom stereocenters. The van der Waals surface area contributed by atoms with Crippen LogP contribution >= 0.6 is 0 Å². The summed E-state index contributed by atoms with van der Waals surface area (Å²) in [6.45, 7) is 8.16. The first-order valence-electron chi connectivity index (χ1n) is 10.2. The van der Waals surface area contributed by atoms with Crippen molar-refractivity contribution in [3.05, 3.63) is 12.2 Å². The largest absolute Gasteiger partial charge is 0.464 e. The molecule has 1 saturated heterocycles. The van der Waals surface area contributed by atoms with E-state index >= 15 is 0 Å². The summed E-state index contributed by atoms with van der Waals surface area (Å²) in [5.41, 5.74) is -0.579. The number of esters is 1. The molecule has 1 aliphatic heterocycles. The molecular formula is C21H35NO4. The van der Waals surface area contributed by atoms with E-state index in [2.05, 4.69) is 13.0 Å². The highest BCUT2D eigenvalue weighted by atomic mass is 16.6. The number of carbonyl (C=O) groups is 2. The van der Waals surface area contributed by atoms with Crippen molar-refractivity contribution in [1.82, 2.24) is 4.90 Å². The van der Waals surface area contributed by atoms with Crippen molar-refractivity contribution in [2.45, 2.75) is 96.7 Å². The monoisotopic (exact) mass is 365 g/mol. The Kier molecular flexibility index (Phi) is 7.54. The highest BCUT2D eigenvalue weighted by Gasteiger charge is 2.49. The normalized spacial score (nSPS) is 24.6. The van der Waals surface area contributed by atoms with Crippen LogP contribution < -0.4 is 0 Å². The third kappa shape index (κ3) is 5.75. The molecule has 1 amide bonds. The average Bonchev–Trinajstić information content (AvgIpc) is 3.12. The van der Waals surface area contributed by atoms with Crippen molar-refractivity contribution >= 4 is 12.1 Å². The van der Waals surface area contributed by atoms with Gasteiger partial charge in [0.2, 0.25) is 0 Å².